The van der Waals surface area contributed by atoms with Crippen LogP contribution in [0.3, 0.4) is 0 Å². The molecule has 1 aliphatic rings. The standard InChI is InChI=1S/C30H27N3O5S/c1-4-38-22-15-13-19(14-16-22)26-25(28(35)32-21-10-6-5-7-11-21)18(2)31-30-33(26)29(36)24(39-30)17-20-9-8-12-23(37-3)27(20)34/h5-17,26,34H,4H2,1-3H3,(H,32,35)/b24-17-/t26-/m0/s1. The molecule has 0 spiro atoms. The van der Waals surface area contributed by atoms with E-state index in [1.807, 2.05) is 49.4 Å². The largest absolute Gasteiger partial charge is 0.504 e. The SMILES string of the molecule is CCOc1ccc([C@H]2C(C(=O)Nc3ccccc3)=C(C)N=c3s/c(=C\c4cccc(OC)c4O)c(=O)n32)cc1. The number of rotatable bonds is 7. The van der Waals surface area contributed by atoms with E-state index in [0.29, 0.717) is 50.0 Å². The predicted octanol–water partition coefficient (Wildman–Crippen LogP) is 3.99. The smallest absolute Gasteiger partial charge is 0.271 e. The van der Waals surface area contributed by atoms with Gasteiger partial charge >= 0.3 is 0 Å². The fourth-order valence-corrected chi connectivity index (χ4v) is 5.56. The summed E-state index contributed by atoms with van der Waals surface area (Å²) in [4.78, 5) is 32.6. The van der Waals surface area contributed by atoms with E-state index in [-0.39, 0.29) is 17.2 Å². The Morgan fingerprint density at radius 2 is 1.85 bits per heavy atom. The second-order valence-corrected chi connectivity index (χ2v) is 9.81. The molecule has 39 heavy (non-hydrogen) atoms. The van der Waals surface area contributed by atoms with E-state index in [1.54, 1.807) is 43.3 Å². The number of phenolic OH excluding ortho intramolecular Hbond substituents is 1. The van der Waals surface area contributed by atoms with Crippen LogP contribution in [0.1, 0.15) is 31.0 Å². The predicted molar refractivity (Wildman–Crippen MR) is 151 cm³/mol. The van der Waals surface area contributed by atoms with Gasteiger partial charge in [0.25, 0.3) is 11.5 Å². The van der Waals surface area contributed by atoms with Crippen LogP contribution in [0.25, 0.3) is 6.08 Å². The van der Waals surface area contributed by atoms with Crippen molar-refractivity contribution in [2.24, 2.45) is 4.99 Å². The molecule has 5 rings (SSSR count). The van der Waals surface area contributed by atoms with Gasteiger partial charge in [-0.15, -0.1) is 0 Å². The number of ether oxygens (including phenoxy) is 2. The topological polar surface area (TPSA) is 102 Å². The number of aromatic hydroxyl groups is 1. The highest BCUT2D eigenvalue weighted by Gasteiger charge is 2.32. The minimum atomic E-state index is -0.721. The Labute approximate surface area is 228 Å². The molecule has 2 heterocycles. The maximum absolute atomic E-state index is 13.9. The molecule has 0 radical (unpaired) electrons. The van der Waals surface area contributed by atoms with Crippen LogP contribution in [-0.4, -0.2) is 29.3 Å². The van der Waals surface area contributed by atoms with E-state index in [4.69, 9.17) is 9.47 Å². The molecule has 0 unspecified atom stereocenters. The zero-order valence-corrected chi connectivity index (χ0v) is 22.5. The molecule has 1 amide bonds. The van der Waals surface area contributed by atoms with Crippen molar-refractivity contribution in [1.29, 1.82) is 0 Å². The van der Waals surface area contributed by atoms with Crippen molar-refractivity contribution < 1.29 is 19.4 Å². The molecule has 0 aliphatic carbocycles. The van der Waals surface area contributed by atoms with E-state index in [2.05, 4.69) is 10.3 Å². The van der Waals surface area contributed by atoms with Crippen LogP contribution < -0.4 is 29.7 Å². The number of phenols is 1. The van der Waals surface area contributed by atoms with Crippen molar-refractivity contribution in [3.8, 4) is 17.2 Å². The van der Waals surface area contributed by atoms with Crippen LogP contribution in [0.5, 0.6) is 17.2 Å². The third kappa shape index (κ3) is 5.08. The van der Waals surface area contributed by atoms with Gasteiger partial charge in [0, 0.05) is 11.3 Å². The number of hydrogen-bond donors (Lipinski definition) is 2. The number of aromatic nitrogens is 1. The van der Waals surface area contributed by atoms with Crippen molar-refractivity contribution >= 4 is 29.0 Å². The summed E-state index contributed by atoms with van der Waals surface area (Å²) in [6, 6.07) is 20.9. The van der Waals surface area contributed by atoms with Gasteiger partial charge in [-0.25, -0.2) is 4.99 Å². The van der Waals surface area contributed by atoms with E-state index in [0.717, 1.165) is 5.56 Å². The number of fused-ring (bicyclic) bond motifs is 1. The summed E-state index contributed by atoms with van der Waals surface area (Å²) in [5.74, 6) is 0.590. The zero-order valence-electron chi connectivity index (χ0n) is 21.7. The lowest BCUT2D eigenvalue weighted by atomic mass is 9.95. The molecule has 8 nitrogen and oxygen atoms in total. The Morgan fingerprint density at radius 1 is 1.10 bits per heavy atom. The van der Waals surface area contributed by atoms with E-state index >= 15 is 0 Å². The van der Waals surface area contributed by atoms with Gasteiger partial charge in [0.1, 0.15) is 5.75 Å². The summed E-state index contributed by atoms with van der Waals surface area (Å²) in [7, 11) is 1.47. The zero-order chi connectivity index (χ0) is 27.5. The summed E-state index contributed by atoms with van der Waals surface area (Å²) in [6.07, 6.45) is 1.61. The highest BCUT2D eigenvalue weighted by Crippen LogP contribution is 2.32. The number of para-hydroxylation sites is 2. The molecule has 1 aliphatic heterocycles. The monoisotopic (exact) mass is 541 g/mol. The maximum Gasteiger partial charge on any atom is 0.271 e. The van der Waals surface area contributed by atoms with Crippen LogP contribution in [0.2, 0.25) is 0 Å². The summed E-state index contributed by atoms with van der Waals surface area (Å²) >= 11 is 1.20. The lowest BCUT2D eigenvalue weighted by molar-refractivity contribution is -0.113. The summed E-state index contributed by atoms with van der Waals surface area (Å²) < 4.78 is 12.7. The van der Waals surface area contributed by atoms with Crippen molar-refractivity contribution in [3.05, 3.63) is 115 Å². The molecule has 4 aromatic rings. The molecule has 1 aromatic heterocycles. The van der Waals surface area contributed by atoms with Gasteiger partial charge in [0.15, 0.2) is 16.3 Å². The number of carbonyl (C=O) groups is 1. The number of hydrogen-bond acceptors (Lipinski definition) is 7. The van der Waals surface area contributed by atoms with Crippen LogP contribution in [0.4, 0.5) is 5.69 Å². The van der Waals surface area contributed by atoms with Crippen molar-refractivity contribution in [2.45, 2.75) is 19.9 Å². The number of benzene rings is 3. The maximum atomic E-state index is 13.9. The van der Waals surface area contributed by atoms with Crippen molar-refractivity contribution in [3.63, 3.8) is 0 Å². The van der Waals surface area contributed by atoms with E-state index in [9.17, 15) is 14.7 Å². The van der Waals surface area contributed by atoms with Gasteiger partial charge < -0.3 is 19.9 Å². The molecule has 9 heteroatoms. The van der Waals surface area contributed by atoms with Crippen LogP contribution >= 0.6 is 11.3 Å². The van der Waals surface area contributed by atoms with E-state index in [1.165, 1.54) is 23.0 Å². The van der Waals surface area contributed by atoms with Crippen molar-refractivity contribution in [2.75, 3.05) is 19.0 Å². The first kappa shape index (κ1) is 26.0. The second-order valence-electron chi connectivity index (χ2n) is 8.80. The van der Waals surface area contributed by atoms with Crippen LogP contribution in [0.15, 0.2) is 93.9 Å². The highest BCUT2D eigenvalue weighted by molar-refractivity contribution is 7.07. The Bertz CT molecular complexity index is 1740. The van der Waals surface area contributed by atoms with Gasteiger partial charge in [0.2, 0.25) is 0 Å². The van der Waals surface area contributed by atoms with Crippen molar-refractivity contribution in [1.82, 2.24) is 4.57 Å². The highest BCUT2D eigenvalue weighted by atomic mass is 32.1. The summed E-state index contributed by atoms with van der Waals surface area (Å²) in [5, 5.41) is 13.5. The average Bonchev–Trinajstić information content (AvgIpc) is 3.24. The number of amides is 1. The minimum Gasteiger partial charge on any atom is -0.504 e. The average molecular weight is 542 g/mol. The van der Waals surface area contributed by atoms with Gasteiger partial charge in [0.05, 0.1) is 35.6 Å². The quantitative estimate of drug-likeness (QED) is 0.369. The first-order valence-corrected chi connectivity index (χ1v) is 13.2. The molecule has 0 bridgehead atoms. The molecular weight excluding hydrogens is 514 g/mol. The van der Waals surface area contributed by atoms with Gasteiger partial charge in [-0.2, -0.15) is 0 Å². The van der Waals surface area contributed by atoms with Crippen LogP contribution in [-0.2, 0) is 4.79 Å². The lowest BCUT2D eigenvalue weighted by Crippen LogP contribution is -2.40. The van der Waals surface area contributed by atoms with Gasteiger partial charge in [-0.1, -0.05) is 53.8 Å². The lowest BCUT2D eigenvalue weighted by Gasteiger charge is -2.25. The number of thiazole rings is 1. The minimum absolute atomic E-state index is 0.0620. The summed E-state index contributed by atoms with van der Waals surface area (Å²) in [6.45, 7) is 4.20. The number of nitrogens with zero attached hydrogens (tertiary/aromatic N) is 2. The Hall–Kier alpha value is -4.63. The third-order valence-corrected chi connectivity index (χ3v) is 7.32. The summed E-state index contributed by atoms with van der Waals surface area (Å²) in [5.41, 5.74) is 2.37. The number of nitrogens with one attached hydrogen (secondary N) is 1. The Balaban J connectivity index is 1.67. The molecule has 0 fully saturated rings. The Kier molecular flexibility index (Phi) is 7.33. The number of carbonyl (C=O) groups excluding carboxylic acids is 1. The molecule has 0 saturated heterocycles. The molecular formula is C30H27N3O5S. The Morgan fingerprint density at radius 3 is 2.54 bits per heavy atom. The fraction of sp³-hybridized carbons (Fsp3) is 0.167. The second kappa shape index (κ2) is 11.0. The first-order valence-electron chi connectivity index (χ1n) is 12.4. The first-order chi connectivity index (χ1) is 18.9. The van der Waals surface area contributed by atoms with Crippen LogP contribution in [0, 0.1) is 0 Å². The number of anilines is 1. The third-order valence-electron chi connectivity index (χ3n) is 6.34. The number of methoxy groups -OCH3 is 1. The molecule has 1 atom stereocenters. The normalized spacial score (nSPS) is 14.9. The molecule has 3 aromatic carbocycles. The number of allylic oxidation sites excluding steroid dienone is 1. The van der Waals surface area contributed by atoms with Gasteiger partial charge in [-0.05, 0) is 55.8 Å². The fourth-order valence-electron chi connectivity index (χ4n) is 4.52. The molecule has 0 saturated carbocycles. The van der Waals surface area contributed by atoms with E-state index < -0.39 is 6.04 Å². The van der Waals surface area contributed by atoms with Gasteiger partial charge in [-0.3, -0.25) is 14.2 Å². The molecule has 2 N–H and O–H groups in total. The molecule has 198 valence electrons.